The van der Waals surface area contributed by atoms with E-state index < -0.39 is 0 Å². The van der Waals surface area contributed by atoms with Crippen LogP contribution in [0, 0.1) is 25.7 Å². The van der Waals surface area contributed by atoms with Crippen molar-refractivity contribution in [3.8, 4) is 11.8 Å². The van der Waals surface area contributed by atoms with Gasteiger partial charge in [-0.2, -0.15) is 0 Å². The fourth-order valence-electron chi connectivity index (χ4n) is 1.82. The minimum atomic E-state index is -0.301. The molecule has 0 aliphatic rings. The van der Waals surface area contributed by atoms with Gasteiger partial charge in [-0.05, 0) is 49.7 Å². The van der Waals surface area contributed by atoms with Gasteiger partial charge in [0.15, 0.2) is 5.76 Å². The Bertz CT molecular complexity index is 689. The molecule has 2 N–H and O–H groups in total. The van der Waals surface area contributed by atoms with Crippen LogP contribution in [-0.2, 0) is 0 Å². The zero-order valence-electron chi connectivity index (χ0n) is 11.4. The zero-order valence-corrected chi connectivity index (χ0v) is 11.4. The Balaban J connectivity index is 2.20. The molecule has 0 atom stereocenters. The molecule has 0 saturated carbocycles. The van der Waals surface area contributed by atoms with Crippen LogP contribution in [-0.4, -0.2) is 17.6 Å². The lowest BCUT2D eigenvalue weighted by Gasteiger charge is -2.05. The Morgan fingerprint density at radius 3 is 2.75 bits per heavy atom. The first-order chi connectivity index (χ1) is 9.58. The van der Waals surface area contributed by atoms with Gasteiger partial charge in [0.25, 0.3) is 5.91 Å². The van der Waals surface area contributed by atoms with Gasteiger partial charge in [0, 0.05) is 11.3 Å². The topological polar surface area (TPSA) is 62.5 Å². The molecule has 0 aliphatic heterocycles. The van der Waals surface area contributed by atoms with E-state index in [1.165, 1.54) is 0 Å². The van der Waals surface area contributed by atoms with Crippen molar-refractivity contribution in [2.45, 2.75) is 13.8 Å². The molecule has 0 fully saturated rings. The maximum atomic E-state index is 12.0. The van der Waals surface area contributed by atoms with Crippen LogP contribution >= 0.6 is 0 Å². The van der Waals surface area contributed by atoms with E-state index in [2.05, 4.69) is 17.2 Å². The number of amides is 1. The zero-order chi connectivity index (χ0) is 14.5. The average molecular weight is 269 g/mol. The molecule has 0 unspecified atom stereocenters. The molecule has 0 saturated heterocycles. The third-order valence-corrected chi connectivity index (χ3v) is 2.61. The average Bonchev–Trinajstić information content (AvgIpc) is 2.82. The third-order valence-electron chi connectivity index (χ3n) is 2.61. The molecule has 0 bridgehead atoms. The number of aryl methyl sites for hydroxylation is 2. The van der Waals surface area contributed by atoms with E-state index in [1.54, 1.807) is 25.1 Å². The van der Waals surface area contributed by atoms with E-state index in [0.29, 0.717) is 11.4 Å². The summed E-state index contributed by atoms with van der Waals surface area (Å²) in [6.45, 7) is 3.50. The fourth-order valence-corrected chi connectivity index (χ4v) is 1.82. The maximum Gasteiger partial charge on any atom is 0.291 e. The van der Waals surface area contributed by atoms with Crippen LogP contribution in [0.2, 0.25) is 0 Å². The first-order valence-electron chi connectivity index (χ1n) is 6.17. The second-order valence-electron chi connectivity index (χ2n) is 4.41. The number of carbonyl (C=O) groups excluding carboxylic acids is 1. The Hall–Kier alpha value is -2.51. The molecular weight excluding hydrogens is 254 g/mol. The van der Waals surface area contributed by atoms with Crippen molar-refractivity contribution in [3.05, 3.63) is 53.0 Å². The molecule has 4 nitrogen and oxygen atoms in total. The minimum Gasteiger partial charge on any atom is -0.456 e. The monoisotopic (exact) mass is 269 g/mol. The number of hydrogen-bond donors (Lipinski definition) is 2. The summed E-state index contributed by atoms with van der Waals surface area (Å²) in [5, 5.41) is 11.5. The first-order valence-corrected chi connectivity index (χ1v) is 6.17. The van der Waals surface area contributed by atoms with Crippen LogP contribution in [0.5, 0.6) is 0 Å². The van der Waals surface area contributed by atoms with Crippen molar-refractivity contribution in [1.29, 1.82) is 0 Å². The van der Waals surface area contributed by atoms with E-state index in [1.807, 2.05) is 19.1 Å². The van der Waals surface area contributed by atoms with Crippen LogP contribution in [0.15, 0.2) is 34.7 Å². The maximum absolute atomic E-state index is 12.0. The van der Waals surface area contributed by atoms with Gasteiger partial charge in [0.2, 0.25) is 0 Å². The van der Waals surface area contributed by atoms with Gasteiger partial charge in [-0.1, -0.05) is 11.8 Å². The largest absolute Gasteiger partial charge is 0.456 e. The molecular formula is C16H15NO3. The van der Waals surface area contributed by atoms with Crippen molar-refractivity contribution in [3.63, 3.8) is 0 Å². The summed E-state index contributed by atoms with van der Waals surface area (Å²) in [6.07, 6.45) is 0. The summed E-state index contributed by atoms with van der Waals surface area (Å²) >= 11 is 0. The molecule has 0 aliphatic carbocycles. The lowest BCUT2D eigenvalue weighted by molar-refractivity contribution is 0.0995. The van der Waals surface area contributed by atoms with Crippen molar-refractivity contribution in [2.24, 2.45) is 0 Å². The quantitative estimate of drug-likeness (QED) is 0.823. The predicted octanol–water partition coefficient (Wildman–Crippen LogP) is 2.49. The summed E-state index contributed by atoms with van der Waals surface area (Å²) in [5.74, 6) is 6.06. The standard InChI is InChI=1S/C16H15NO3/c1-11-8-13(4-3-7-18)10-14(9-11)17-16(19)15-6-5-12(2)20-15/h5-6,8-10,18H,7H2,1-2H3,(H,17,19). The Morgan fingerprint density at radius 2 is 2.10 bits per heavy atom. The van der Waals surface area contributed by atoms with Gasteiger partial charge in [0.1, 0.15) is 12.4 Å². The number of anilines is 1. The van der Waals surface area contributed by atoms with Crippen LogP contribution in [0.1, 0.15) is 27.4 Å². The van der Waals surface area contributed by atoms with Gasteiger partial charge in [0.05, 0.1) is 0 Å². The molecule has 1 heterocycles. The highest BCUT2D eigenvalue weighted by Crippen LogP contribution is 2.16. The van der Waals surface area contributed by atoms with Gasteiger partial charge >= 0.3 is 0 Å². The number of carbonyl (C=O) groups is 1. The Kier molecular flexibility index (Phi) is 4.24. The highest BCUT2D eigenvalue weighted by atomic mass is 16.3. The minimum absolute atomic E-state index is 0.193. The second-order valence-corrected chi connectivity index (χ2v) is 4.41. The summed E-state index contributed by atoms with van der Waals surface area (Å²) in [5.41, 5.74) is 2.36. The van der Waals surface area contributed by atoms with E-state index in [0.717, 1.165) is 11.1 Å². The van der Waals surface area contributed by atoms with Crippen molar-refractivity contribution in [2.75, 3.05) is 11.9 Å². The van der Waals surface area contributed by atoms with Gasteiger partial charge < -0.3 is 14.8 Å². The number of nitrogens with one attached hydrogen (secondary N) is 1. The summed E-state index contributed by atoms with van der Waals surface area (Å²) in [4.78, 5) is 12.0. The molecule has 2 aromatic rings. The van der Waals surface area contributed by atoms with Crippen LogP contribution in [0.3, 0.4) is 0 Å². The summed E-state index contributed by atoms with van der Waals surface area (Å²) in [6, 6.07) is 8.85. The van der Waals surface area contributed by atoms with E-state index in [4.69, 9.17) is 9.52 Å². The fraction of sp³-hybridized carbons (Fsp3) is 0.188. The predicted molar refractivity (Wildman–Crippen MR) is 76.5 cm³/mol. The van der Waals surface area contributed by atoms with Crippen LogP contribution in [0.4, 0.5) is 5.69 Å². The molecule has 20 heavy (non-hydrogen) atoms. The smallest absolute Gasteiger partial charge is 0.291 e. The third kappa shape index (κ3) is 3.50. The lowest BCUT2D eigenvalue weighted by Crippen LogP contribution is -2.11. The molecule has 1 amide bonds. The summed E-state index contributed by atoms with van der Waals surface area (Å²) < 4.78 is 5.27. The van der Waals surface area contributed by atoms with Crippen molar-refractivity contribution in [1.82, 2.24) is 0 Å². The SMILES string of the molecule is Cc1cc(C#CCO)cc(NC(=O)c2ccc(C)o2)c1. The normalized spacial score (nSPS) is 9.75. The first kappa shape index (κ1) is 13.9. The van der Waals surface area contributed by atoms with E-state index >= 15 is 0 Å². The van der Waals surface area contributed by atoms with Gasteiger partial charge in [-0.3, -0.25) is 4.79 Å². The van der Waals surface area contributed by atoms with Gasteiger partial charge in [-0.15, -0.1) is 0 Å². The molecule has 0 radical (unpaired) electrons. The number of furan rings is 1. The van der Waals surface area contributed by atoms with E-state index in [9.17, 15) is 4.79 Å². The molecule has 4 heteroatoms. The molecule has 2 rings (SSSR count). The number of rotatable bonds is 2. The Labute approximate surface area is 117 Å². The van der Waals surface area contributed by atoms with Gasteiger partial charge in [-0.25, -0.2) is 0 Å². The van der Waals surface area contributed by atoms with Crippen molar-refractivity contribution < 1.29 is 14.3 Å². The highest BCUT2D eigenvalue weighted by Gasteiger charge is 2.10. The highest BCUT2D eigenvalue weighted by molar-refractivity contribution is 6.02. The Morgan fingerprint density at radius 1 is 1.30 bits per heavy atom. The van der Waals surface area contributed by atoms with Crippen LogP contribution in [0.25, 0.3) is 0 Å². The molecule has 0 spiro atoms. The number of benzene rings is 1. The van der Waals surface area contributed by atoms with Crippen molar-refractivity contribution >= 4 is 11.6 Å². The van der Waals surface area contributed by atoms with E-state index in [-0.39, 0.29) is 18.3 Å². The number of aliphatic hydroxyl groups excluding tert-OH is 1. The number of hydrogen-bond acceptors (Lipinski definition) is 3. The summed E-state index contributed by atoms with van der Waals surface area (Å²) in [7, 11) is 0. The van der Waals surface area contributed by atoms with Crippen LogP contribution < -0.4 is 5.32 Å². The molecule has 1 aromatic carbocycles. The number of aliphatic hydroxyl groups is 1. The molecule has 1 aromatic heterocycles. The molecule has 102 valence electrons. The second kappa shape index (κ2) is 6.09. The lowest BCUT2D eigenvalue weighted by atomic mass is 10.1.